The molecule has 0 fully saturated rings. The zero-order valence-corrected chi connectivity index (χ0v) is 15.5. The summed E-state index contributed by atoms with van der Waals surface area (Å²) >= 11 is 0. The van der Waals surface area contributed by atoms with Crippen LogP contribution in [0.3, 0.4) is 0 Å². The first-order chi connectivity index (χ1) is 13.1. The highest BCUT2D eigenvalue weighted by atomic mass is 16.5. The molecule has 140 valence electrons. The second-order valence-electron chi connectivity index (χ2n) is 5.79. The number of benzene rings is 2. The zero-order chi connectivity index (χ0) is 19.2. The number of hydrogen-bond acceptors (Lipinski definition) is 6. The molecule has 0 bridgehead atoms. The lowest BCUT2D eigenvalue weighted by Gasteiger charge is -2.10. The molecule has 27 heavy (non-hydrogen) atoms. The Bertz CT molecular complexity index is 919. The number of ether oxygens (including phenoxy) is 2. The molecule has 0 saturated carbocycles. The quantitative estimate of drug-likeness (QED) is 0.690. The van der Waals surface area contributed by atoms with Crippen LogP contribution in [0.1, 0.15) is 29.0 Å². The van der Waals surface area contributed by atoms with E-state index in [1.807, 2.05) is 37.3 Å². The first kappa shape index (κ1) is 18.4. The molecule has 1 heterocycles. The van der Waals surface area contributed by atoms with Crippen LogP contribution in [0.4, 0.5) is 0 Å². The lowest BCUT2D eigenvalue weighted by atomic mass is 10.0. The molecule has 0 aliphatic rings. The highest BCUT2D eigenvalue weighted by molar-refractivity contribution is 5.94. The number of carbonyl (C=O) groups is 1. The minimum atomic E-state index is -0.197. The molecule has 7 heteroatoms. The van der Waals surface area contributed by atoms with Gasteiger partial charge in [0.15, 0.2) is 17.3 Å². The highest BCUT2D eigenvalue weighted by Crippen LogP contribution is 2.32. The SMILES string of the molecule is CCc1nc(CNC(=O)c2ccc(-c3ccc(OC)c(OC)c3)cc2)no1. The summed E-state index contributed by atoms with van der Waals surface area (Å²) in [6.45, 7) is 2.15. The van der Waals surface area contributed by atoms with Crippen LogP contribution < -0.4 is 14.8 Å². The number of carbonyl (C=O) groups excluding carboxylic acids is 1. The molecule has 3 aromatic rings. The number of aryl methyl sites for hydroxylation is 1. The van der Waals surface area contributed by atoms with E-state index < -0.39 is 0 Å². The van der Waals surface area contributed by atoms with Gasteiger partial charge in [0.2, 0.25) is 5.89 Å². The van der Waals surface area contributed by atoms with Gasteiger partial charge in [0, 0.05) is 12.0 Å². The summed E-state index contributed by atoms with van der Waals surface area (Å²) in [6, 6.07) is 13.0. The third-order valence-electron chi connectivity index (χ3n) is 4.08. The molecule has 2 aromatic carbocycles. The molecular weight excluding hydrogens is 346 g/mol. The van der Waals surface area contributed by atoms with Crippen molar-refractivity contribution < 1.29 is 18.8 Å². The highest BCUT2D eigenvalue weighted by Gasteiger charge is 2.10. The van der Waals surface area contributed by atoms with Gasteiger partial charge in [-0.2, -0.15) is 4.98 Å². The van der Waals surface area contributed by atoms with Crippen LogP contribution >= 0.6 is 0 Å². The van der Waals surface area contributed by atoms with Crippen LogP contribution in [0, 0.1) is 0 Å². The molecule has 0 aliphatic carbocycles. The van der Waals surface area contributed by atoms with Gasteiger partial charge < -0.3 is 19.3 Å². The van der Waals surface area contributed by atoms with E-state index >= 15 is 0 Å². The van der Waals surface area contributed by atoms with Gasteiger partial charge in [0.25, 0.3) is 5.91 Å². The molecule has 1 N–H and O–H groups in total. The fraction of sp³-hybridized carbons (Fsp3) is 0.250. The predicted molar refractivity (Wildman–Crippen MR) is 99.8 cm³/mol. The van der Waals surface area contributed by atoms with Crippen LogP contribution in [0.5, 0.6) is 11.5 Å². The summed E-state index contributed by atoms with van der Waals surface area (Å²) in [5, 5.41) is 6.60. The molecule has 0 atom stereocenters. The number of nitrogens with zero attached hydrogens (tertiary/aromatic N) is 2. The second-order valence-corrected chi connectivity index (χ2v) is 5.79. The summed E-state index contributed by atoms with van der Waals surface area (Å²) in [5.41, 5.74) is 2.50. The maximum atomic E-state index is 12.3. The molecule has 0 spiro atoms. The Morgan fingerprint density at radius 2 is 1.74 bits per heavy atom. The van der Waals surface area contributed by atoms with Gasteiger partial charge in [-0.3, -0.25) is 4.79 Å². The number of nitrogens with one attached hydrogen (secondary N) is 1. The van der Waals surface area contributed by atoms with Gasteiger partial charge in [-0.1, -0.05) is 30.3 Å². The van der Waals surface area contributed by atoms with Crippen LogP contribution in [-0.2, 0) is 13.0 Å². The van der Waals surface area contributed by atoms with E-state index in [0.717, 1.165) is 11.1 Å². The monoisotopic (exact) mass is 367 g/mol. The normalized spacial score (nSPS) is 10.5. The average molecular weight is 367 g/mol. The maximum Gasteiger partial charge on any atom is 0.251 e. The van der Waals surface area contributed by atoms with E-state index in [2.05, 4.69) is 15.5 Å². The van der Waals surface area contributed by atoms with Crippen LogP contribution in [0.2, 0.25) is 0 Å². The van der Waals surface area contributed by atoms with Crippen molar-refractivity contribution in [2.24, 2.45) is 0 Å². The third kappa shape index (κ3) is 4.25. The fourth-order valence-corrected chi connectivity index (χ4v) is 2.60. The molecule has 0 aliphatic heterocycles. The first-order valence-electron chi connectivity index (χ1n) is 8.56. The van der Waals surface area contributed by atoms with Gasteiger partial charge in [-0.25, -0.2) is 0 Å². The smallest absolute Gasteiger partial charge is 0.251 e. The van der Waals surface area contributed by atoms with Crippen molar-refractivity contribution in [3.8, 4) is 22.6 Å². The Balaban J connectivity index is 1.68. The van der Waals surface area contributed by atoms with Crippen molar-refractivity contribution in [2.45, 2.75) is 19.9 Å². The van der Waals surface area contributed by atoms with Gasteiger partial charge in [0.1, 0.15) is 0 Å². The zero-order valence-electron chi connectivity index (χ0n) is 15.5. The van der Waals surface area contributed by atoms with E-state index in [0.29, 0.717) is 35.2 Å². The number of aromatic nitrogens is 2. The summed E-state index contributed by atoms with van der Waals surface area (Å²) in [5.74, 6) is 2.14. The first-order valence-corrected chi connectivity index (χ1v) is 8.56. The molecule has 0 saturated heterocycles. The van der Waals surface area contributed by atoms with E-state index in [1.165, 1.54) is 0 Å². The Labute approximate surface area is 157 Å². The summed E-state index contributed by atoms with van der Waals surface area (Å²) < 4.78 is 15.6. The average Bonchev–Trinajstić information content (AvgIpc) is 3.19. The van der Waals surface area contributed by atoms with Crippen molar-refractivity contribution in [2.75, 3.05) is 14.2 Å². The van der Waals surface area contributed by atoms with Crippen molar-refractivity contribution in [1.82, 2.24) is 15.5 Å². The minimum absolute atomic E-state index is 0.197. The molecule has 3 rings (SSSR count). The number of rotatable bonds is 7. The Hall–Kier alpha value is -3.35. The predicted octanol–water partition coefficient (Wildman–Crippen LogP) is 3.25. The van der Waals surface area contributed by atoms with Crippen LogP contribution in [-0.4, -0.2) is 30.3 Å². The fourth-order valence-electron chi connectivity index (χ4n) is 2.60. The van der Waals surface area contributed by atoms with Gasteiger partial charge in [-0.05, 0) is 35.4 Å². The molecule has 7 nitrogen and oxygen atoms in total. The van der Waals surface area contributed by atoms with Crippen molar-refractivity contribution in [1.29, 1.82) is 0 Å². The molecular formula is C20H21N3O4. The van der Waals surface area contributed by atoms with Gasteiger partial charge in [0.05, 0.1) is 20.8 Å². The third-order valence-corrected chi connectivity index (χ3v) is 4.08. The maximum absolute atomic E-state index is 12.3. The second kappa shape index (κ2) is 8.35. The van der Waals surface area contributed by atoms with Crippen molar-refractivity contribution in [3.63, 3.8) is 0 Å². The van der Waals surface area contributed by atoms with E-state index in [4.69, 9.17) is 14.0 Å². The minimum Gasteiger partial charge on any atom is -0.493 e. The van der Waals surface area contributed by atoms with E-state index in [9.17, 15) is 4.79 Å². The van der Waals surface area contributed by atoms with Crippen molar-refractivity contribution >= 4 is 5.91 Å². The van der Waals surface area contributed by atoms with Crippen LogP contribution in [0.25, 0.3) is 11.1 Å². The van der Waals surface area contributed by atoms with Gasteiger partial charge in [-0.15, -0.1) is 0 Å². The molecule has 0 radical (unpaired) electrons. The Morgan fingerprint density at radius 1 is 1.04 bits per heavy atom. The Kier molecular flexibility index (Phi) is 5.71. The number of hydrogen-bond donors (Lipinski definition) is 1. The van der Waals surface area contributed by atoms with Gasteiger partial charge >= 0.3 is 0 Å². The summed E-state index contributed by atoms with van der Waals surface area (Å²) in [7, 11) is 3.20. The van der Waals surface area contributed by atoms with Crippen molar-refractivity contribution in [3.05, 3.63) is 59.7 Å². The number of amides is 1. The topological polar surface area (TPSA) is 86.5 Å². The number of methoxy groups -OCH3 is 2. The summed E-state index contributed by atoms with van der Waals surface area (Å²) in [4.78, 5) is 16.5. The molecule has 1 amide bonds. The van der Waals surface area contributed by atoms with Crippen LogP contribution in [0.15, 0.2) is 47.0 Å². The standard InChI is InChI=1S/C20H21N3O4/c1-4-19-22-18(23-27-19)12-21-20(24)14-7-5-13(6-8-14)15-9-10-16(25-2)17(11-15)26-3/h5-11H,4,12H2,1-3H3,(H,21,24). The molecule has 0 unspecified atom stereocenters. The Morgan fingerprint density at radius 3 is 2.37 bits per heavy atom. The lowest BCUT2D eigenvalue weighted by Crippen LogP contribution is -2.23. The lowest BCUT2D eigenvalue weighted by molar-refractivity contribution is 0.0949. The summed E-state index contributed by atoms with van der Waals surface area (Å²) in [6.07, 6.45) is 0.665. The van der Waals surface area contributed by atoms with E-state index in [-0.39, 0.29) is 12.5 Å². The molecule has 1 aromatic heterocycles. The largest absolute Gasteiger partial charge is 0.493 e. The van der Waals surface area contributed by atoms with E-state index in [1.54, 1.807) is 26.4 Å².